The summed E-state index contributed by atoms with van der Waals surface area (Å²) < 4.78 is 4.79. The molecule has 4 heteroatoms. The largest absolute Gasteiger partial charge is 0.465 e. The number of hydrogen-bond donors (Lipinski definition) is 1. The van der Waals surface area contributed by atoms with Gasteiger partial charge in [0.2, 0.25) is 0 Å². The molecule has 1 fully saturated rings. The first-order valence-electron chi connectivity index (χ1n) is 7.77. The van der Waals surface area contributed by atoms with Crippen molar-refractivity contribution in [2.75, 3.05) is 24.8 Å². The maximum atomic E-state index is 11.7. The zero-order chi connectivity index (χ0) is 15.4. The molecular weight excluding hydrogens is 264 g/mol. The minimum Gasteiger partial charge on any atom is -0.465 e. The van der Waals surface area contributed by atoms with Gasteiger partial charge in [-0.25, -0.2) is 4.79 Å². The average Bonchev–Trinajstić information content (AvgIpc) is 2.54. The minimum absolute atomic E-state index is 0.377. The number of nitrogens with two attached hydrogens (primary N) is 1. The standard InChI is InChI=1S/C17H26N2O2/c1-4-12-5-7-13(8-6-12)19(2)14-9-10-16(18)15(11-14)17(20)21-3/h9-13H,4-8,18H2,1-3H3. The minimum atomic E-state index is -0.377. The molecule has 0 saturated heterocycles. The molecule has 4 nitrogen and oxygen atoms in total. The lowest BCUT2D eigenvalue weighted by atomic mass is 9.84. The Morgan fingerprint density at radius 3 is 2.57 bits per heavy atom. The van der Waals surface area contributed by atoms with E-state index in [1.165, 1.54) is 39.2 Å². The van der Waals surface area contributed by atoms with Crippen molar-refractivity contribution in [1.82, 2.24) is 0 Å². The normalized spacial score (nSPS) is 21.9. The third-order valence-corrected chi connectivity index (χ3v) is 4.79. The summed E-state index contributed by atoms with van der Waals surface area (Å²) in [6, 6.07) is 6.15. The molecule has 1 aromatic carbocycles. The van der Waals surface area contributed by atoms with E-state index in [9.17, 15) is 4.79 Å². The van der Waals surface area contributed by atoms with E-state index >= 15 is 0 Å². The zero-order valence-corrected chi connectivity index (χ0v) is 13.3. The molecule has 2 rings (SSSR count). The summed E-state index contributed by atoms with van der Waals surface area (Å²) in [6.45, 7) is 2.28. The fourth-order valence-electron chi connectivity index (χ4n) is 3.20. The molecule has 116 valence electrons. The third-order valence-electron chi connectivity index (χ3n) is 4.79. The fourth-order valence-corrected chi connectivity index (χ4v) is 3.20. The molecule has 0 atom stereocenters. The van der Waals surface area contributed by atoms with Crippen molar-refractivity contribution in [3.8, 4) is 0 Å². The molecule has 0 unspecified atom stereocenters. The number of anilines is 2. The highest BCUT2D eigenvalue weighted by molar-refractivity contribution is 5.96. The van der Waals surface area contributed by atoms with Crippen LogP contribution in [0.25, 0.3) is 0 Å². The second-order valence-corrected chi connectivity index (χ2v) is 5.96. The Balaban J connectivity index is 2.12. The number of rotatable bonds is 4. The van der Waals surface area contributed by atoms with Gasteiger partial charge in [0.1, 0.15) is 0 Å². The van der Waals surface area contributed by atoms with Gasteiger partial charge in [0.05, 0.1) is 12.7 Å². The number of ether oxygens (including phenoxy) is 1. The first-order chi connectivity index (χ1) is 10.1. The number of methoxy groups -OCH3 is 1. The van der Waals surface area contributed by atoms with E-state index in [4.69, 9.17) is 10.5 Å². The van der Waals surface area contributed by atoms with E-state index in [0.717, 1.165) is 11.6 Å². The molecule has 1 aliphatic carbocycles. The van der Waals surface area contributed by atoms with Crippen molar-refractivity contribution in [2.24, 2.45) is 5.92 Å². The number of nitrogen functional groups attached to an aromatic ring is 1. The van der Waals surface area contributed by atoms with Crippen LogP contribution in [0.2, 0.25) is 0 Å². The number of nitrogens with zero attached hydrogens (tertiary/aromatic N) is 1. The van der Waals surface area contributed by atoms with Gasteiger partial charge in [-0.1, -0.05) is 13.3 Å². The van der Waals surface area contributed by atoms with Crippen molar-refractivity contribution in [3.63, 3.8) is 0 Å². The average molecular weight is 290 g/mol. The van der Waals surface area contributed by atoms with Gasteiger partial charge in [-0.05, 0) is 49.8 Å². The quantitative estimate of drug-likeness (QED) is 0.681. The molecule has 0 spiro atoms. The Labute approximate surface area is 127 Å². The molecule has 2 N–H and O–H groups in total. The predicted molar refractivity (Wildman–Crippen MR) is 86.6 cm³/mol. The lowest BCUT2D eigenvalue weighted by Crippen LogP contribution is -2.35. The molecule has 1 aromatic rings. The number of carbonyl (C=O) groups is 1. The highest BCUT2D eigenvalue weighted by Gasteiger charge is 2.24. The second kappa shape index (κ2) is 6.83. The summed E-state index contributed by atoms with van der Waals surface area (Å²) in [4.78, 5) is 14.0. The fraction of sp³-hybridized carbons (Fsp3) is 0.588. The van der Waals surface area contributed by atoms with E-state index < -0.39 is 0 Å². The van der Waals surface area contributed by atoms with Crippen LogP contribution in [0.3, 0.4) is 0 Å². The number of carbonyl (C=O) groups excluding carboxylic acids is 1. The van der Waals surface area contributed by atoms with Gasteiger partial charge in [-0.3, -0.25) is 0 Å². The monoisotopic (exact) mass is 290 g/mol. The van der Waals surface area contributed by atoms with Crippen LogP contribution >= 0.6 is 0 Å². The Bertz CT molecular complexity index is 494. The molecule has 0 bridgehead atoms. The van der Waals surface area contributed by atoms with E-state index in [1.807, 2.05) is 12.1 Å². The van der Waals surface area contributed by atoms with Crippen molar-refractivity contribution >= 4 is 17.3 Å². The number of esters is 1. The van der Waals surface area contributed by atoms with Crippen molar-refractivity contribution in [2.45, 2.75) is 45.1 Å². The maximum Gasteiger partial charge on any atom is 0.340 e. The van der Waals surface area contributed by atoms with Crippen LogP contribution in [0.1, 0.15) is 49.4 Å². The van der Waals surface area contributed by atoms with Gasteiger partial charge in [0.15, 0.2) is 0 Å². The highest BCUT2D eigenvalue weighted by Crippen LogP contribution is 2.32. The van der Waals surface area contributed by atoms with E-state index in [1.54, 1.807) is 6.07 Å². The summed E-state index contributed by atoms with van der Waals surface area (Å²) >= 11 is 0. The lowest BCUT2D eigenvalue weighted by Gasteiger charge is -2.36. The summed E-state index contributed by atoms with van der Waals surface area (Å²) in [5, 5.41) is 0. The van der Waals surface area contributed by atoms with Crippen LogP contribution in [0.4, 0.5) is 11.4 Å². The van der Waals surface area contributed by atoms with E-state index in [0.29, 0.717) is 17.3 Å². The summed E-state index contributed by atoms with van der Waals surface area (Å²) in [6.07, 6.45) is 6.30. The SMILES string of the molecule is CCC1CCC(N(C)c2ccc(N)c(C(=O)OC)c2)CC1. The van der Waals surface area contributed by atoms with Gasteiger partial charge >= 0.3 is 5.97 Å². The van der Waals surface area contributed by atoms with Crippen LogP contribution < -0.4 is 10.6 Å². The molecular formula is C17H26N2O2. The second-order valence-electron chi connectivity index (χ2n) is 5.96. The Morgan fingerprint density at radius 2 is 2.00 bits per heavy atom. The molecule has 1 saturated carbocycles. The molecule has 0 heterocycles. The van der Waals surface area contributed by atoms with E-state index in [-0.39, 0.29) is 5.97 Å². The first kappa shape index (κ1) is 15.7. The summed E-state index contributed by atoms with van der Waals surface area (Å²) in [5.74, 6) is 0.504. The topological polar surface area (TPSA) is 55.6 Å². The molecule has 0 radical (unpaired) electrons. The first-order valence-corrected chi connectivity index (χ1v) is 7.77. The zero-order valence-electron chi connectivity index (χ0n) is 13.3. The summed E-state index contributed by atoms with van der Waals surface area (Å²) in [5.41, 5.74) is 7.81. The van der Waals surface area contributed by atoms with Crippen molar-refractivity contribution in [3.05, 3.63) is 23.8 Å². The predicted octanol–water partition coefficient (Wildman–Crippen LogP) is 3.46. The van der Waals surface area contributed by atoms with Crippen LogP contribution in [0.5, 0.6) is 0 Å². The van der Waals surface area contributed by atoms with Crippen LogP contribution in [-0.4, -0.2) is 26.2 Å². The number of benzene rings is 1. The third kappa shape index (κ3) is 3.49. The highest BCUT2D eigenvalue weighted by atomic mass is 16.5. The van der Waals surface area contributed by atoms with Crippen molar-refractivity contribution in [1.29, 1.82) is 0 Å². The van der Waals surface area contributed by atoms with Gasteiger partial charge in [0.25, 0.3) is 0 Å². The Kier molecular flexibility index (Phi) is 5.10. The molecule has 21 heavy (non-hydrogen) atoms. The van der Waals surface area contributed by atoms with Gasteiger partial charge < -0.3 is 15.4 Å². The smallest absolute Gasteiger partial charge is 0.340 e. The van der Waals surface area contributed by atoms with E-state index in [2.05, 4.69) is 18.9 Å². The van der Waals surface area contributed by atoms with Gasteiger partial charge in [-0.2, -0.15) is 0 Å². The number of hydrogen-bond acceptors (Lipinski definition) is 4. The Hall–Kier alpha value is -1.71. The van der Waals surface area contributed by atoms with Gasteiger partial charge in [-0.15, -0.1) is 0 Å². The van der Waals surface area contributed by atoms with Crippen molar-refractivity contribution < 1.29 is 9.53 Å². The maximum absolute atomic E-state index is 11.7. The molecule has 0 aromatic heterocycles. The Morgan fingerprint density at radius 1 is 1.33 bits per heavy atom. The van der Waals surface area contributed by atoms with Crippen LogP contribution in [0.15, 0.2) is 18.2 Å². The molecule has 1 aliphatic rings. The van der Waals surface area contributed by atoms with Crippen LogP contribution in [0, 0.1) is 5.92 Å². The van der Waals surface area contributed by atoms with Crippen LogP contribution in [-0.2, 0) is 4.74 Å². The lowest BCUT2D eigenvalue weighted by molar-refractivity contribution is 0.0602. The van der Waals surface area contributed by atoms with Gasteiger partial charge in [0, 0.05) is 24.5 Å². The molecule has 0 amide bonds. The molecule has 0 aliphatic heterocycles. The summed E-state index contributed by atoms with van der Waals surface area (Å²) in [7, 11) is 3.48.